The third-order valence-electron chi connectivity index (χ3n) is 0.948. The molecule has 11 heavy (non-hydrogen) atoms. The molecule has 60 valence electrons. The molecule has 0 fully saturated rings. The molecule has 0 saturated heterocycles. The van der Waals surface area contributed by atoms with Gasteiger partial charge in [0.15, 0.2) is 0 Å². The van der Waals surface area contributed by atoms with Crippen LogP contribution in [0.3, 0.4) is 0 Å². The molecule has 2 N–H and O–H groups in total. The molecular weight excluding hydrogens is 216 g/mol. The number of pyridine rings is 1. The summed E-state index contributed by atoms with van der Waals surface area (Å²) in [6, 6.07) is 1.34. The van der Waals surface area contributed by atoms with Crippen LogP contribution in [0.2, 0.25) is 0 Å². The highest BCUT2D eigenvalue weighted by Gasteiger charge is 2.08. The van der Waals surface area contributed by atoms with Gasteiger partial charge in [0.05, 0.1) is 4.92 Å². The zero-order chi connectivity index (χ0) is 7.56. The quantitative estimate of drug-likeness (QED) is 0.521. The van der Waals surface area contributed by atoms with Gasteiger partial charge in [0.1, 0.15) is 4.47 Å². The van der Waals surface area contributed by atoms with Gasteiger partial charge in [-0.1, -0.05) is 0 Å². The van der Waals surface area contributed by atoms with Crippen LogP contribution in [-0.4, -0.2) is 15.4 Å². The van der Waals surface area contributed by atoms with Gasteiger partial charge in [-0.2, -0.15) is 0 Å². The van der Waals surface area contributed by atoms with Crippen molar-refractivity contribution in [3.63, 3.8) is 0 Å². The summed E-state index contributed by atoms with van der Waals surface area (Å²) in [5, 5.41) is 10.2. The molecule has 0 amide bonds. The van der Waals surface area contributed by atoms with E-state index in [2.05, 4.69) is 20.9 Å². The van der Waals surface area contributed by atoms with Crippen molar-refractivity contribution in [2.24, 2.45) is 0 Å². The molecule has 0 saturated carbocycles. The molecule has 6 heteroatoms. The minimum atomic E-state index is -0.467. The van der Waals surface area contributed by atoms with Crippen LogP contribution >= 0.6 is 15.9 Å². The Balaban J connectivity index is 0.000001000. The molecule has 1 aromatic heterocycles. The van der Waals surface area contributed by atoms with Gasteiger partial charge in [0.25, 0.3) is 5.69 Å². The van der Waals surface area contributed by atoms with Gasteiger partial charge < -0.3 is 5.48 Å². The van der Waals surface area contributed by atoms with E-state index >= 15 is 0 Å². The van der Waals surface area contributed by atoms with E-state index in [0.29, 0.717) is 4.47 Å². The first-order chi connectivity index (χ1) is 4.72. The van der Waals surface area contributed by atoms with Crippen LogP contribution in [-0.2, 0) is 0 Å². The first-order valence-corrected chi connectivity index (χ1v) is 3.25. The number of aromatic nitrogens is 1. The molecule has 1 aromatic rings. The molecule has 0 radical (unpaired) electrons. The minimum Gasteiger partial charge on any atom is -0.412 e. The van der Waals surface area contributed by atoms with E-state index in [4.69, 9.17) is 0 Å². The van der Waals surface area contributed by atoms with Crippen molar-refractivity contribution in [2.45, 2.75) is 0 Å². The second kappa shape index (κ2) is 3.99. The summed E-state index contributed by atoms with van der Waals surface area (Å²) in [6.45, 7) is 0. The molecule has 1 rings (SSSR count). The molecule has 0 bridgehead atoms. The predicted molar refractivity (Wildman–Crippen MR) is 42.2 cm³/mol. The van der Waals surface area contributed by atoms with Crippen molar-refractivity contribution in [2.75, 3.05) is 0 Å². The largest absolute Gasteiger partial charge is 0.412 e. The summed E-state index contributed by atoms with van der Waals surface area (Å²) in [5.41, 5.74) is 0.0370. The maximum Gasteiger partial charge on any atom is 0.286 e. The molecule has 1 heterocycles. The van der Waals surface area contributed by atoms with Crippen LogP contribution in [0.15, 0.2) is 22.9 Å². The number of nitro groups is 1. The van der Waals surface area contributed by atoms with Crippen molar-refractivity contribution in [1.82, 2.24) is 4.98 Å². The SMILES string of the molecule is O.O=[N+]([O-])c1ccncc1Br. The van der Waals surface area contributed by atoms with E-state index in [0.717, 1.165) is 0 Å². The van der Waals surface area contributed by atoms with Gasteiger partial charge in [-0.05, 0) is 15.9 Å². The summed E-state index contributed by atoms with van der Waals surface area (Å²) in [6.07, 6.45) is 2.76. The van der Waals surface area contributed by atoms with Crippen LogP contribution < -0.4 is 0 Å². The third-order valence-corrected chi connectivity index (χ3v) is 1.56. The average molecular weight is 221 g/mol. The maximum atomic E-state index is 10.2. The van der Waals surface area contributed by atoms with E-state index in [1.807, 2.05) is 0 Å². The molecule has 0 aliphatic carbocycles. The normalized spacial score (nSPS) is 8.45. The lowest BCUT2D eigenvalue weighted by molar-refractivity contribution is -0.385. The first-order valence-electron chi connectivity index (χ1n) is 2.45. The van der Waals surface area contributed by atoms with Crippen LogP contribution in [0, 0.1) is 10.1 Å². The Bertz CT molecular complexity index is 266. The molecule has 0 aliphatic rings. The second-order valence-corrected chi connectivity index (χ2v) is 2.44. The van der Waals surface area contributed by atoms with E-state index in [-0.39, 0.29) is 11.2 Å². The molecule has 5 nitrogen and oxygen atoms in total. The fraction of sp³-hybridized carbons (Fsp3) is 0. The Hall–Kier alpha value is -1.01. The average Bonchev–Trinajstić information content (AvgIpc) is 1.88. The lowest BCUT2D eigenvalue weighted by atomic mass is 10.4. The molecular formula is C5H5BrN2O3. The zero-order valence-corrected chi connectivity index (χ0v) is 6.91. The molecule has 0 spiro atoms. The highest BCUT2D eigenvalue weighted by Crippen LogP contribution is 2.21. The van der Waals surface area contributed by atoms with E-state index in [1.54, 1.807) is 0 Å². The second-order valence-electron chi connectivity index (χ2n) is 1.58. The number of nitrogens with zero attached hydrogens (tertiary/aromatic N) is 2. The smallest absolute Gasteiger partial charge is 0.286 e. The van der Waals surface area contributed by atoms with Crippen molar-refractivity contribution in [1.29, 1.82) is 0 Å². The van der Waals surface area contributed by atoms with Crippen molar-refractivity contribution in [3.05, 3.63) is 33.0 Å². The lowest BCUT2D eigenvalue weighted by Gasteiger charge is -1.90. The summed E-state index contributed by atoms with van der Waals surface area (Å²) in [5.74, 6) is 0. The van der Waals surface area contributed by atoms with Crippen LogP contribution in [0.1, 0.15) is 0 Å². The Labute approximate surface area is 70.7 Å². The highest BCUT2D eigenvalue weighted by atomic mass is 79.9. The lowest BCUT2D eigenvalue weighted by Crippen LogP contribution is -1.88. The highest BCUT2D eigenvalue weighted by molar-refractivity contribution is 9.10. The van der Waals surface area contributed by atoms with Crippen molar-refractivity contribution >= 4 is 21.6 Å². The number of hydrogen-bond donors (Lipinski definition) is 0. The van der Waals surface area contributed by atoms with Crippen molar-refractivity contribution < 1.29 is 10.4 Å². The predicted octanol–water partition coefficient (Wildman–Crippen LogP) is 0.928. The topological polar surface area (TPSA) is 87.5 Å². The van der Waals surface area contributed by atoms with Gasteiger partial charge in [0, 0.05) is 18.5 Å². The summed E-state index contributed by atoms with van der Waals surface area (Å²) >= 11 is 2.99. The standard InChI is InChI=1S/C5H3BrN2O2.H2O/c6-4-3-7-2-1-5(4)8(9)10;/h1-3H;1H2. The van der Waals surface area contributed by atoms with Crippen LogP contribution in [0.25, 0.3) is 0 Å². The first kappa shape index (κ1) is 9.99. The van der Waals surface area contributed by atoms with Crippen LogP contribution in [0.4, 0.5) is 5.69 Å². The van der Waals surface area contributed by atoms with E-state index in [1.165, 1.54) is 18.5 Å². The Kier molecular flexibility index (Phi) is 3.63. The van der Waals surface area contributed by atoms with E-state index < -0.39 is 4.92 Å². The molecule has 0 atom stereocenters. The monoisotopic (exact) mass is 220 g/mol. The third kappa shape index (κ3) is 2.24. The number of rotatable bonds is 1. The number of hydrogen-bond acceptors (Lipinski definition) is 3. The Morgan fingerprint density at radius 3 is 2.64 bits per heavy atom. The Morgan fingerprint density at radius 1 is 1.64 bits per heavy atom. The van der Waals surface area contributed by atoms with Gasteiger partial charge >= 0.3 is 0 Å². The minimum absolute atomic E-state index is 0. The van der Waals surface area contributed by atoms with Gasteiger partial charge in [-0.15, -0.1) is 0 Å². The molecule has 0 aliphatic heterocycles. The fourth-order valence-electron chi connectivity index (χ4n) is 0.516. The van der Waals surface area contributed by atoms with Gasteiger partial charge in [-0.25, -0.2) is 0 Å². The molecule has 0 aromatic carbocycles. The van der Waals surface area contributed by atoms with E-state index in [9.17, 15) is 10.1 Å². The molecule has 0 unspecified atom stereocenters. The van der Waals surface area contributed by atoms with Crippen molar-refractivity contribution in [3.8, 4) is 0 Å². The Morgan fingerprint density at radius 2 is 2.27 bits per heavy atom. The fourth-order valence-corrected chi connectivity index (χ4v) is 0.911. The zero-order valence-electron chi connectivity index (χ0n) is 5.32. The summed E-state index contributed by atoms with van der Waals surface area (Å²) in [7, 11) is 0. The summed E-state index contributed by atoms with van der Waals surface area (Å²) < 4.78 is 0.403. The van der Waals surface area contributed by atoms with Crippen LogP contribution in [0.5, 0.6) is 0 Å². The van der Waals surface area contributed by atoms with Gasteiger partial charge in [-0.3, -0.25) is 15.1 Å². The maximum absolute atomic E-state index is 10.2. The summed E-state index contributed by atoms with van der Waals surface area (Å²) in [4.78, 5) is 13.4. The van der Waals surface area contributed by atoms with Gasteiger partial charge in [0.2, 0.25) is 0 Å². The number of halogens is 1.